The molecule has 2 N–H and O–H groups in total. The fourth-order valence-corrected chi connectivity index (χ4v) is 1.46. The standard InChI is InChI=1S/C10H9ClFN3/c11-7-1-8(12)3-9(2-7)14-5-10-4-13-6-15-10/h1-4,6,14H,5H2,(H,13,15). The maximum absolute atomic E-state index is 12.9. The molecule has 78 valence electrons. The molecule has 0 fully saturated rings. The quantitative estimate of drug-likeness (QED) is 0.843. The van der Waals surface area contributed by atoms with Gasteiger partial charge in [-0.25, -0.2) is 9.37 Å². The van der Waals surface area contributed by atoms with Gasteiger partial charge in [0.15, 0.2) is 0 Å². The summed E-state index contributed by atoms with van der Waals surface area (Å²) >= 11 is 5.71. The van der Waals surface area contributed by atoms with Crippen LogP contribution in [0.15, 0.2) is 30.7 Å². The normalized spacial score (nSPS) is 10.3. The highest BCUT2D eigenvalue weighted by Crippen LogP contribution is 2.18. The Morgan fingerprint density at radius 1 is 1.40 bits per heavy atom. The number of aromatic amines is 1. The highest BCUT2D eigenvalue weighted by molar-refractivity contribution is 6.30. The van der Waals surface area contributed by atoms with Gasteiger partial charge < -0.3 is 10.3 Å². The first-order valence-corrected chi connectivity index (χ1v) is 4.79. The van der Waals surface area contributed by atoms with Crippen LogP contribution >= 0.6 is 11.6 Å². The molecule has 15 heavy (non-hydrogen) atoms. The van der Waals surface area contributed by atoms with E-state index >= 15 is 0 Å². The molecule has 1 aromatic carbocycles. The third kappa shape index (κ3) is 2.70. The maximum atomic E-state index is 12.9. The number of rotatable bonds is 3. The number of anilines is 1. The zero-order valence-electron chi connectivity index (χ0n) is 7.80. The van der Waals surface area contributed by atoms with Crippen molar-refractivity contribution in [2.75, 3.05) is 5.32 Å². The van der Waals surface area contributed by atoms with Gasteiger partial charge >= 0.3 is 0 Å². The van der Waals surface area contributed by atoms with Gasteiger partial charge in [0, 0.05) is 16.9 Å². The number of aromatic nitrogens is 2. The molecule has 0 spiro atoms. The van der Waals surface area contributed by atoms with Crippen molar-refractivity contribution in [1.29, 1.82) is 0 Å². The van der Waals surface area contributed by atoms with E-state index in [0.717, 1.165) is 5.69 Å². The number of hydrogen-bond acceptors (Lipinski definition) is 2. The molecule has 2 aromatic rings. The van der Waals surface area contributed by atoms with Crippen molar-refractivity contribution in [2.45, 2.75) is 6.54 Å². The van der Waals surface area contributed by atoms with E-state index in [1.165, 1.54) is 12.1 Å². The molecule has 0 saturated carbocycles. The zero-order valence-corrected chi connectivity index (χ0v) is 8.55. The summed E-state index contributed by atoms with van der Waals surface area (Å²) in [7, 11) is 0. The molecule has 2 rings (SSSR count). The van der Waals surface area contributed by atoms with Crippen LogP contribution in [0.25, 0.3) is 0 Å². The number of benzene rings is 1. The molecule has 1 heterocycles. The van der Waals surface area contributed by atoms with E-state index in [4.69, 9.17) is 11.6 Å². The van der Waals surface area contributed by atoms with Crippen molar-refractivity contribution in [2.24, 2.45) is 0 Å². The largest absolute Gasteiger partial charge is 0.379 e. The molecule has 0 bridgehead atoms. The van der Waals surface area contributed by atoms with Crippen LogP contribution in [0.1, 0.15) is 5.69 Å². The van der Waals surface area contributed by atoms with E-state index < -0.39 is 0 Å². The van der Waals surface area contributed by atoms with Crippen molar-refractivity contribution in [3.63, 3.8) is 0 Å². The lowest BCUT2D eigenvalue weighted by Gasteiger charge is -2.05. The maximum Gasteiger partial charge on any atom is 0.126 e. The van der Waals surface area contributed by atoms with Crippen molar-refractivity contribution in [1.82, 2.24) is 9.97 Å². The Morgan fingerprint density at radius 3 is 2.93 bits per heavy atom. The lowest BCUT2D eigenvalue weighted by Crippen LogP contribution is -1.99. The molecule has 0 amide bonds. The van der Waals surface area contributed by atoms with Gasteiger partial charge in [-0.1, -0.05) is 11.6 Å². The Morgan fingerprint density at radius 2 is 2.27 bits per heavy atom. The fraction of sp³-hybridized carbons (Fsp3) is 0.100. The number of halogens is 2. The summed E-state index contributed by atoms with van der Waals surface area (Å²) < 4.78 is 12.9. The Bertz CT molecular complexity index is 422. The summed E-state index contributed by atoms with van der Waals surface area (Å²) in [5, 5.41) is 3.41. The molecule has 5 heteroatoms. The summed E-state index contributed by atoms with van der Waals surface area (Å²) in [5.41, 5.74) is 1.57. The second kappa shape index (κ2) is 4.31. The fourth-order valence-electron chi connectivity index (χ4n) is 1.23. The highest BCUT2D eigenvalue weighted by atomic mass is 35.5. The van der Waals surface area contributed by atoms with Crippen LogP contribution in [-0.2, 0) is 6.54 Å². The lowest BCUT2D eigenvalue weighted by atomic mass is 10.3. The second-order valence-corrected chi connectivity index (χ2v) is 3.52. The van der Waals surface area contributed by atoms with Crippen LogP contribution in [0.2, 0.25) is 5.02 Å². The summed E-state index contributed by atoms with van der Waals surface area (Å²) in [6, 6.07) is 4.33. The first-order chi connectivity index (χ1) is 7.24. The molecule has 0 unspecified atom stereocenters. The zero-order chi connectivity index (χ0) is 10.7. The van der Waals surface area contributed by atoms with Gasteiger partial charge in [-0.05, 0) is 18.2 Å². The van der Waals surface area contributed by atoms with E-state index in [0.29, 0.717) is 17.3 Å². The number of nitrogens with zero attached hydrogens (tertiary/aromatic N) is 1. The molecule has 0 radical (unpaired) electrons. The minimum Gasteiger partial charge on any atom is -0.379 e. The van der Waals surface area contributed by atoms with Crippen LogP contribution in [-0.4, -0.2) is 9.97 Å². The van der Waals surface area contributed by atoms with E-state index in [9.17, 15) is 4.39 Å². The Kier molecular flexibility index (Phi) is 2.87. The molecule has 0 aliphatic carbocycles. The molecule has 0 saturated heterocycles. The number of nitrogens with one attached hydrogen (secondary N) is 2. The van der Waals surface area contributed by atoms with Crippen molar-refractivity contribution in [3.8, 4) is 0 Å². The van der Waals surface area contributed by atoms with Crippen LogP contribution in [0.3, 0.4) is 0 Å². The minimum absolute atomic E-state index is 0.352. The molecule has 1 aromatic heterocycles. The first kappa shape index (κ1) is 9.98. The molecule has 0 aliphatic heterocycles. The Hall–Kier alpha value is -1.55. The number of imidazole rings is 1. The van der Waals surface area contributed by atoms with E-state index in [1.807, 2.05) is 0 Å². The molecular formula is C10H9ClFN3. The summed E-state index contributed by atoms with van der Waals surface area (Å²) in [6.45, 7) is 0.555. The van der Waals surface area contributed by atoms with E-state index in [2.05, 4.69) is 15.3 Å². The predicted octanol–water partition coefficient (Wildman–Crippen LogP) is 2.81. The minimum atomic E-state index is -0.352. The molecule has 0 aliphatic rings. The first-order valence-electron chi connectivity index (χ1n) is 4.41. The van der Waals surface area contributed by atoms with Crippen LogP contribution in [0, 0.1) is 5.82 Å². The van der Waals surface area contributed by atoms with Gasteiger partial charge in [0.25, 0.3) is 0 Å². The van der Waals surface area contributed by atoms with Gasteiger partial charge in [0.2, 0.25) is 0 Å². The lowest BCUT2D eigenvalue weighted by molar-refractivity contribution is 0.628. The summed E-state index contributed by atoms with van der Waals surface area (Å²) in [5.74, 6) is -0.352. The monoisotopic (exact) mass is 225 g/mol. The third-order valence-electron chi connectivity index (χ3n) is 1.90. The smallest absolute Gasteiger partial charge is 0.126 e. The predicted molar refractivity (Wildman–Crippen MR) is 57.3 cm³/mol. The second-order valence-electron chi connectivity index (χ2n) is 3.09. The van der Waals surface area contributed by atoms with Gasteiger partial charge in [-0.15, -0.1) is 0 Å². The topological polar surface area (TPSA) is 40.7 Å². The van der Waals surface area contributed by atoms with Gasteiger partial charge in [0.05, 0.1) is 18.6 Å². The van der Waals surface area contributed by atoms with Gasteiger partial charge in [-0.2, -0.15) is 0 Å². The van der Waals surface area contributed by atoms with Crippen LogP contribution < -0.4 is 5.32 Å². The molecular weight excluding hydrogens is 217 g/mol. The Balaban J connectivity index is 2.05. The van der Waals surface area contributed by atoms with E-state index in [-0.39, 0.29) is 5.82 Å². The van der Waals surface area contributed by atoms with Crippen LogP contribution in [0.5, 0.6) is 0 Å². The number of H-pyrrole nitrogens is 1. The van der Waals surface area contributed by atoms with Gasteiger partial charge in [-0.3, -0.25) is 0 Å². The molecule has 3 nitrogen and oxygen atoms in total. The highest BCUT2D eigenvalue weighted by Gasteiger charge is 1.99. The third-order valence-corrected chi connectivity index (χ3v) is 2.12. The Labute approximate surface area is 91.3 Å². The summed E-state index contributed by atoms with van der Waals surface area (Å²) in [6.07, 6.45) is 3.30. The van der Waals surface area contributed by atoms with Crippen molar-refractivity contribution >= 4 is 17.3 Å². The van der Waals surface area contributed by atoms with Crippen LogP contribution in [0.4, 0.5) is 10.1 Å². The average Bonchev–Trinajstić information content (AvgIpc) is 2.65. The summed E-state index contributed by atoms with van der Waals surface area (Å²) in [4.78, 5) is 6.81. The van der Waals surface area contributed by atoms with Gasteiger partial charge in [0.1, 0.15) is 5.82 Å². The SMILES string of the molecule is Fc1cc(Cl)cc(NCc2cnc[nH]2)c1. The van der Waals surface area contributed by atoms with Crippen molar-refractivity contribution in [3.05, 3.63) is 47.3 Å². The van der Waals surface area contributed by atoms with E-state index in [1.54, 1.807) is 18.6 Å². The molecule has 0 atom stereocenters. The average molecular weight is 226 g/mol. The van der Waals surface area contributed by atoms with Crippen molar-refractivity contribution < 1.29 is 4.39 Å². The number of hydrogen-bond donors (Lipinski definition) is 2.